The molecule has 0 bridgehead atoms. The highest BCUT2D eigenvalue weighted by molar-refractivity contribution is 9.10. The van der Waals surface area contributed by atoms with Crippen LogP contribution in [0.15, 0.2) is 39.8 Å². The molecule has 0 radical (unpaired) electrons. The van der Waals surface area contributed by atoms with Crippen molar-refractivity contribution in [1.29, 1.82) is 0 Å². The number of nitro benzene ring substituents is 1. The van der Waals surface area contributed by atoms with E-state index in [9.17, 15) is 23.3 Å². The lowest BCUT2D eigenvalue weighted by molar-refractivity contribution is -0.385. The molecule has 2 N–H and O–H groups in total. The van der Waals surface area contributed by atoms with E-state index in [0.29, 0.717) is 10.0 Å². The maximum Gasteiger partial charge on any atom is 0.282 e. The highest BCUT2D eigenvalue weighted by atomic mass is 79.9. The van der Waals surface area contributed by atoms with E-state index in [1.165, 1.54) is 29.7 Å². The van der Waals surface area contributed by atoms with Gasteiger partial charge in [-0.05, 0) is 35.0 Å². The Balaban J connectivity index is 2.20. The van der Waals surface area contributed by atoms with Crippen LogP contribution in [0.4, 0.5) is 5.69 Å². The average Bonchev–Trinajstić information content (AvgIpc) is 2.83. The van der Waals surface area contributed by atoms with Crippen LogP contribution in [0, 0.1) is 17.0 Å². The molecule has 0 spiro atoms. The molecule has 0 aliphatic carbocycles. The summed E-state index contributed by atoms with van der Waals surface area (Å²) in [5, 5.41) is 10.9. The number of aryl methyl sites for hydroxylation is 2. The van der Waals surface area contributed by atoms with E-state index < -0.39 is 20.9 Å². The predicted molar refractivity (Wildman–Crippen MR) is 88.7 cm³/mol. The second kappa shape index (κ2) is 6.71. The van der Waals surface area contributed by atoms with E-state index in [-0.39, 0.29) is 16.3 Å². The molecular weight excluding hydrogens is 404 g/mol. The number of hydrogen-bond donors (Lipinski definition) is 2. The van der Waals surface area contributed by atoms with E-state index in [2.05, 4.69) is 21.4 Å². The van der Waals surface area contributed by atoms with E-state index >= 15 is 0 Å². The summed E-state index contributed by atoms with van der Waals surface area (Å²) in [6.07, 6.45) is 1.63. The Labute approximate surface area is 146 Å². The van der Waals surface area contributed by atoms with Gasteiger partial charge in [0.15, 0.2) is 0 Å². The van der Waals surface area contributed by atoms with Gasteiger partial charge in [0.2, 0.25) is 0 Å². The second-order valence-electron chi connectivity index (χ2n) is 4.92. The molecule has 0 fully saturated rings. The molecule has 11 heteroatoms. The molecule has 0 saturated heterocycles. The lowest BCUT2D eigenvalue weighted by atomic mass is 10.2. The number of hydrazine groups is 1. The van der Waals surface area contributed by atoms with Gasteiger partial charge in [-0.15, -0.1) is 4.83 Å². The number of nitrogens with zero attached hydrogens (tertiary/aromatic N) is 2. The quantitative estimate of drug-likeness (QED) is 0.566. The summed E-state index contributed by atoms with van der Waals surface area (Å²) >= 11 is 3.20. The SMILES string of the molecule is Cc1ccc(S(=O)(=O)NNC(=O)c2cc(Br)cn2C)cc1[N+](=O)[O-]. The van der Waals surface area contributed by atoms with Crippen LogP contribution in [-0.2, 0) is 17.1 Å². The normalized spacial score (nSPS) is 11.3. The zero-order valence-electron chi connectivity index (χ0n) is 12.6. The van der Waals surface area contributed by atoms with Crippen LogP contribution in [0.25, 0.3) is 0 Å². The van der Waals surface area contributed by atoms with E-state index in [0.717, 1.165) is 6.07 Å². The van der Waals surface area contributed by atoms with Gasteiger partial charge in [-0.3, -0.25) is 20.3 Å². The number of nitro groups is 1. The minimum absolute atomic E-state index is 0.222. The smallest absolute Gasteiger partial charge is 0.282 e. The number of benzene rings is 1. The largest absolute Gasteiger partial charge is 0.345 e. The van der Waals surface area contributed by atoms with E-state index in [4.69, 9.17) is 0 Å². The maximum absolute atomic E-state index is 12.2. The number of hydrogen-bond acceptors (Lipinski definition) is 5. The number of amides is 1. The molecule has 1 aromatic heterocycles. The van der Waals surface area contributed by atoms with Crippen molar-refractivity contribution >= 4 is 37.5 Å². The fourth-order valence-electron chi connectivity index (χ4n) is 1.94. The van der Waals surface area contributed by atoms with Gasteiger partial charge in [0, 0.05) is 29.3 Å². The zero-order valence-corrected chi connectivity index (χ0v) is 15.0. The topological polar surface area (TPSA) is 123 Å². The van der Waals surface area contributed by atoms with Crippen LogP contribution >= 0.6 is 15.9 Å². The third kappa shape index (κ3) is 3.80. The molecule has 2 rings (SSSR count). The van der Waals surface area contributed by atoms with Gasteiger partial charge in [-0.2, -0.15) is 0 Å². The molecule has 0 aliphatic heterocycles. The van der Waals surface area contributed by atoms with Crippen LogP contribution in [0.1, 0.15) is 16.1 Å². The minimum Gasteiger partial charge on any atom is -0.345 e. The van der Waals surface area contributed by atoms with Gasteiger partial charge in [-0.25, -0.2) is 8.42 Å². The van der Waals surface area contributed by atoms with E-state index in [1.807, 2.05) is 4.83 Å². The molecule has 9 nitrogen and oxygen atoms in total. The Hall–Kier alpha value is -2.24. The molecule has 1 amide bonds. The van der Waals surface area contributed by atoms with Crippen LogP contribution in [0.2, 0.25) is 0 Å². The number of rotatable bonds is 5. The van der Waals surface area contributed by atoms with Gasteiger partial charge in [0.25, 0.3) is 21.6 Å². The fraction of sp³-hybridized carbons (Fsp3) is 0.154. The lowest BCUT2D eigenvalue weighted by Crippen LogP contribution is -2.42. The van der Waals surface area contributed by atoms with Crippen molar-refractivity contribution in [2.45, 2.75) is 11.8 Å². The third-order valence-corrected chi connectivity index (χ3v) is 4.87. The summed E-state index contributed by atoms with van der Waals surface area (Å²) in [5.74, 6) is -0.673. The molecule has 128 valence electrons. The average molecular weight is 417 g/mol. The molecular formula is C13H13BrN4O5S. The molecule has 0 unspecified atom stereocenters. The summed E-state index contributed by atoms with van der Waals surface area (Å²) in [6, 6.07) is 4.99. The molecule has 0 saturated carbocycles. The highest BCUT2D eigenvalue weighted by Gasteiger charge is 2.21. The van der Waals surface area contributed by atoms with E-state index in [1.54, 1.807) is 13.2 Å². The standard InChI is InChI=1S/C13H13BrN4O5S/c1-8-3-4-10(6-11(8)18(20)21)24(22,23)16-15-13(19)12-5-9(14)7-17(12)2/h3-7,16H,1-2H3,(H,15,19). The number of nitrogens with one attached hydrogen (secondary N) is 2. The zero-order chi connectivity index (χ0) is 18.1. The Kier molecular flexibility index (Phi) is 5.06. The summed E-state index contributed by atoms with van der Waals surface area (Å²) in [5.41, 5.74) is 2.30. The van der Waals surface area contributed by atoms with Gasteiger partial charge < -0.3 is 4.57 Å². The fourth-order valence-corrected chi connectivity index (χ4v) is 3.32. The molecule has 0 aliphatic rings. The van der Waals surface area contributed by atoms with Crippen molar-refractivity contribution in [3.63, 3.8) is 0 Å². The Morgan fingerprint density at radius 2 is 2.00 bits per heavy atom. The number of sulfonamides is 1. The number of carbonyl (C=O) groups is 1. The van der Waals surface area contributed by atoms with Crippen molar-refractivity contribution in [2.75, 3.05) is 0 Å². The first-order chi connectivity index (χ1) is 11.1. The first-order valence-corrected chi connectivity index (χ1v) is 8.78. The maximum atomic E-state index is 12.2. The molecule has 2 aromatic rings. The minimum atomic E-state index is -4.15. The van der Waals surface area contributed by atoms with Gasteiger partial charge >= 0.3 is 0 Å². The summed E-state index contributed by atoms with van der Waals surface area (Å²) in [6.45, 7) is 1.50. The summed E-state index contributed by atoms with van der Waals surface area (Å²) in [7, 11) is -2.53. The second-order valence-corrected chi connectivity index (χ2v) is 7.52. The van der Waals surface area contributed by atoms with Crippen molar-refractivity contribution < 1.29 is 18.1 Å². The number of carbonyl (C=O) groups excluding carboxylic acids is 1. The van der Waals surface area contributed by atoms with Crippen molar-refractivity contribution in [2.24, 2.45) is 7.05 Å². The molecule has 24 heavy (non-hydrogen) atoms. The monoisotopic (exact) mass is 416 g/mol. The van der Waals surface area contributed by atoms with Crippen LogP contribution in [0.3, 0.4) is 0 Å². The summed E-state index contributed by atoms with van der Waals surface area (Å²) in [4.78, 5) is 23.8. The predicted octanol–water partition coefficient (Wildman–Crippen LogP) is 1.63. The Morgan fingerprint density at radius 1 is 1.33 bits per heavy atom. The molecule has 0 atom stereocenters. The Bertz CT molecular complexity index is 922. The van der Waals surface area contributed by atoms with Gasteiger partial charge in [0.05, 0.1) is 9.82 Å². The third-order valence-electron chi connectivity index (χ3n) is 3.19. The van der Waals surface area contributed by atoms with Crippen molar-refractivity contribution in [3.8, 4) is 0 Å². The lowest BCUT2D eigenvalue weighted by Gasteiger charge is -2.09. The van der Waals surface area contributed by atoms with Crippen LogP contribution < -0.4 is 10.3 Å². The molecule has 1 heterocycles. The van der Waals surface area contributed by atoms with Gasteiger partial charge in [0.1, 0.15) is 5.69 Å². The number of halogens is 1. The van der Waals surface area contributed by atoms with Crippen molar-refractivity contribution in [1.82, 2.24) is 14.8 Å². The first kappa shape index (κ1) is 18.1. The van der Waals surface area contributed by atoms with Crippen LogP contribution in [-0.4, -0.2) is 23.8 Å². The highest BCUT2D eigenvalue weighted by Crippen LogP contribution is 2.21. The van der Waals surface area contributed by atoms with Crippen LogP contribution in [0.5, 0.6) is 0 Å². The molecule has 1 aromatic carbocycles. The van der Waals surface area contributed by atoms with Gasteiger partial charge in [-0.1, -0.05) is 6.07 Å². The summed E-state index contributed by atoms with van der Waals surface area (Å²) < 4.78 is 26.5. The van der Waals surface area contributed by atoms with Crippen molar-refractivity contribution in [3.05, 3.63) is 56.3 Å². The number of aromatic nitrogens is 1. The first-order valence-electron chi connectivity index (χ1n) is 6.51. The Morgan fingerprint density at radius 3 is 2.54 bits per heavy atom.